The highest BCUT2D eigenvalue weighted by Gasteiger charge is 2.54. The Morgan fingerprint density at radius 1 is 0.369 bits per heavy atom. The normalized spacial score (nSPS) is 20.4. The first-order valence-electron chi connectivity index (χ1n) is 49.6. The molecule has 1 aliphatic carbocycles. The van der Waals surface area contributed by atoms with Crippen molar-refractivity contribution < 1.29 is 115 Å². The summed E-state index contributed by atoms with van der Waals surface area (Å²) in [6.45, 7) is 11.2. The minimum atomic E-state index is -5.66. The largest absolute Gasteiger partial charge is 0.470 e. The van der Waals surface area contributed by atoms with Gasteiger partial charge in [0.1, 0.15) is 30.5 Å². The Hall–Kier alpha value is -3.20. The number of carbonyl (C=O) groups excluding carboxylic acids is 6. The predicted octanol–water partition coefficient (Wildman–Crippen LogP) is 20.9. The number of rotatable bonds is 83. The summed E-state index contributed by atoms with van der Waals surface area (Å²) in [6.07, 6.45) is 35.9. The van der Waals surface area contributed by atoms with Crippen LogP contribution in [0.3, 0.4) is 0 Å². The Balaban J connectivity index is 2.85. The van der Waals surface area contributed by atoms with Crippen LogP contribution < -0.4 is 10.6 Å². The molecule has 0 aromatic heterocycles. The van der Waals surface area contributed by atoms with Crippen molar-refractivity contribution in [3.8, 4) is 0 Å². The maximum atomic E-state index is 15.2. The minimum absolute atomic E-state index is 0.0878. The van der Waals surface area contributed by atoms with E-state index in [-0.39, 0.29) is 38.5 Å². The van der Waals surface area contributed by atoms with Gasteiger partial charge in [-0.25, -0.2) is 9.13 Å². The Bertz CT molecular complexity index is 2690. The van der Waals surface area contributed by atoms with E-state index in [1.807, 2.05) is 0 Å². The molecule has 14 atom stereocenters. The Kier molecular flexibility index (Phi) is 70.2. The van der Waals surface area contributed by atoms with Gasteiger partial charge in [-0.1, -0.05) is 369 Å². The number of aliphatic hydroxyl groups excluding tert-OH is 4. The maximum Gasteiger partial charge on any atom is 0.470 e. The van der Waals surface area contributed by atoms with Crippen LogP contribution in [0.5, 0.6) is 0 Å². The van der Waals surface area contributed by atoms with Crippen LogP contribution in [0.4, 0.5) is 0 Å². The molecule has 2 rings (SSSR count). The van der Waals surface area contributed by atoms with Gasteiger partial charge < -0.3 is 79.1 Å². The van der Waals surface area contributed by atoms with Gasteiger partial charge in [-0.2, -0.15) is 0 Å². The van der Waals surface area contributed by atoms with Crippen LogP contribution in [-0.2, 0) is 75.4 Å². The molecule has 1 saturated carbocycles. The molecule has 122 heavy (non-hydrogen) atoms. The third-order valence-corrected chi connectivity index (χ3v) is 25.2. The van der Waals surface area contributed by atoms with E-state index in [2.05, 4.69) is 52.2 Å². The zero-order valence-corrected chi connectivity index (χ0v) is 79.0. The van der Waals surface area contributed by atoms with Gasteiger partial charge >= 0.3 is 39.5 Å². The van der Waals surface area contributed by atoms with Crippen molar-refractivity contribution in [2.24, 2.45) is 5.92 Å². The summed E-state index contributed by atoms with van der Waals surface area (Å²) in [5.74, 6) is -6.26. The number of unbranched alkanes of at least 4 members (excludes halogenated alkanes) is 49. The lowest BCUT2D eigenvalue weighted by Gasteiger charge is -2.47. The summed E-state index contributed by atoms with van der Waals surface area (Å²) in [4.78, 5) is 129. The highest BCUT2D eigenvalue weighted by molar-refractivity contribution is 7.46. The number of aliphatic hydroxyl groups is 4. The summed E-state index contributed by atoms with van der Waals surface area (Å²) in [6, 6.07) is -3.58. The first-order chi connectivity index (χ1) is 58.8. The van der Waals surface area contributed by atoms with Crippen molar-refractivity contribution in [2.75, 3.05) is 13.2 Å². The van der Waals surface area contributed by atoms with Crippen molar-refractivity contribution in [3.05, 3.63) is 0 Å². The van der Waals surface area contributed by atoms with Gasteiger partial charge in [-0.05, 0) is 57.8 Å². The molecule has 0 aromatic rings. The molecule has 1 heterocycles. The zero-order chi connectivity index (χ0) is 89.7. The fourth-order valence-corrected chi connectivity index (χ4v) is 18.1. The Morgan fingerprint density at radius 2 is 0.680 bits per heavy atom. The summed E-state index contributed by atoms with van der Waals surface area (Å²) in [5, 5.41) is 51.9. The molecular weight excluding hydrogens is 1600 g/mol. The van der Waals surface area contributed by atoms with E-state index in [1.54, 1.807) is 0 Å². The van der Waals surface area contributed by atoms with E-state index in [4.69, 9.17) is 37.5 Å². The predicted molar refractivity (Wildman–Crippen MR) is 479 cm³/mol. The molecule has 2 fully saturated rings. The van der Waals surface area contributed by atoms with Crippen LogP contribution in [-0.4, -0.2) is 168 Å². The summed E-state index contributed by atoms with van der Waals surface area (Å²) in [7, 11) is -11.2. The van der Waals surface area contributed by atoms with Gasteiger partial charge in [-0.3, -0.25) is 37.8 Å². The van der Waals surface area contributed by atoms with Gasteiger partial charge in [0.2, 0.25) is 11.8 Å². The molecule has 718 valence electrons. The molecule has 2 aliphatic rings. The van der Waals surface area contributed by atoms with Gasteiger partial charge in [0.15, 0.2) is 18.5 Å². The van der Waals surface area contributed by atoms with Crippen LogP contribution in [0.1, 0.15) is 465 Å². The number of hydrogen-bond donors (Lipinski definition) is 10. The third-order valence-electron chi connectivity index (χ3n) is 24.1. The molecule has 6 unspecified atom stereocenters. The molecule has 10 N–H and O–H groups in total. The fraction of sp³-hybridized carbons (Fsp3) is 0.936. The summed E-state index contributed by atoms with van der Waals surface area (Å²) < 4.78 is 74.6. The number of esters is 4. The fourth-order valence-electron chi connectivity index (χ4n) is 16.9. The van der Waals surface area contributed by atoms with Gasteiger partial charge in [0.25, 0.3) is 0 Å². The lowest BCUT2D eigenvalue weighted by atomic mass is 9.79. The van der Waals surface area contributed by atoms with Crippen molar-refractivity contribution >= 4 is 51.3 Å². The second kappa shape index (κ2) is 74.6. The lowest BCUT2D eigenvalue weighted by molar-refractivity contribution is -0.277. The van der Waals surface area contributed by atoms with E-state index < -0.39 is 182 Å². The molecule has 0 aromatic carbocycles. The smallest absolute Gasteiger partial charge is 0.462 e. The standard InChI is InChI=1S/C94H178N2O24P2/c1-7-13-19-25-31-37-43-49-55-61-67-85(103)115-79(65-59-53-47-41-35-29-23-17-11-5)72-87(105)118-93-89(96-83(101)71-78(64-58-52-46-40-34-28-22-16-10-4)114-84(102)66-60-54-48-42-36-30-24-18-12-6)94(116-81(73-97)91(93)120-122(110,111)112)113-74-75-68-80(119-121(107,108)109)88(95-82(100)69-76(98)62-56-50-44-38-32-26-20-14-8-2)92(90(75)106)117-86(104)70-77(99)63-57-51-45-39-33-27-21-15-9-3/h75-81,88-94,97-99,106H,7-74H2,1-6H3,(H,95,100)(H,96,101)(H2,107,108,109)(H2,110,111,112)/t75?,76-,77-,78-,79-,80+,81?,88?,89?,90-,91-,92?,93?,94-/m1/s1. The minimum Gasteiger partial charge on any atom is -0.462 e. The van der Waals surface area contributed by atoms with Gasteiger partial charge in [0, 0.05) is 18.8 Å². The molecule has 28 heteroatoms. The van der Waals surface area contributed by atoms with E-state index in [9.17, 15) is 68.3 Å². The number of carbonyl (C=O) groups is 6. The number of phosphoric acid groups is 2. The number of amides is 2. The van der Waals surface area contributed by atoms with Crippen LogP contribution >= 0.6 is 15.6 Å². The second-order valence-corrected chi connectivity index (χ2v) is 38.0. The van der Waals surface area contributed by atoms with Crippen LogP contribution in [0.2, 0.25) is 0 Å². The maximum absolute atomic E-state index is 15.2. The number of hydrogen-bond acceptors (Lipinski definition) is 20. The molecule has 1 aliphatic heterocycles. The van der Waals surface area contributed by atoms with Crippen molar-refractivity contribution in [1.29, 1.82) is 0 Å². The summed E-state index contributed by atoms with van der Waals surface area (Å²) in [5.41, 5.74) is 0. The molecule has 1 saturated heterocycles. The average Bonchev–Trinajstić information content (AvgIpc) is 0.777. The second-order valence-electron chi connectivity index (χ2n) is 35.7. The highest BCUT2D eigenvalue weighted by atomic mass is 31.2. The molecule has 26 nitrogen and oxygen atoms in total. The molecule has 0 spiro atoms. The molecule has 0 bridgehead atoms. The zero-order valence-electron chi connectivity index (χ0n) is 77.2. The monoisotopic (exact) mass is 1780 g/mol. The molecule has 0 radical (unpaired) electrons. The van der Waals surface area contributed by atoms with Crippen molar-refractivity contribution in [1.82, 2.24) is 10.6 Å². The quantitative estimate of drug-likeness (QED) is 0.0117. The van der Waals surface area contributed by atoms with E-state index >= 15 is 9.59 Å². The number of phosphoric ester groups is 2. The lowest BCUT2D eigenvalue weighted by Crippen LogP contribution is -2.67. The first kappa shape index (κ1) is 115. The summed E-state index contributed by atoms with van der Waals surface area (Å²) >= 11 is 0. The van der Waals surface area contributed by atoms with E-state index in [0.29, 0.717) is 38.5 Å². The van der Waals surface area contributed by atoms with Crippen molar-refractivity contribution in [3.63, 3.8) is 0 Å². The van der Waals surface area contributed by atoms with Gasteiger partial charge in [0.05, 0.1) is 69.4 Å². The van der Waals surface area contributed by atoms with Crippen LogP contribution in [0.15, 0.2) is 0 Å². The SMILES string of the molecule is CCCCCCCCCCCCC(=O)O[C@H](CCCCCCCCCCC)CC(=O)OC1C(NC(=O)C[C@@H](CCCCCCCCCCC)OC(=O)CCCCCCCCCCC)[C@H](OCC2C[C@H](OP(=O)(O)O)C(NC(=O)C[C@H](O)CCCCCCCCCCC)C(OC(=O)C[C@H](O)CCCCCCCCCCC)[C@@H]2O)OC(CO)[C@H]1OP(=O)(O)O. The topological polar surface area (TPSA) is 396 Å². The van der Waals surface area contributed by atoms with Crippen molar-refractivity contribution in [2.45, 2.75) is 545 Å². The average molecular weight is 1780 g/mol. The Labute approximate surface area is 737 Å². The molecule has 2 amide bonds. The van der Waals surface area contributed by atoms with E-state index in [1.165, 1.54) is 64.2 Å². The number of ether oxygens (including phenoxy) is 6. The molecular formula is C94H178N2O24P2. The highest BCUT2D eigenvalue weighted by Crippen LogP contribution is 2.45. The van der Waals surface area contributed by atoms with Crippen LogP contribution in [0, 0.1) is 5.92 Å². The van der Waals surface area contributed by atoms with Gasteiger partial charge in [-0.15, -0.1) is 0 Å². The number of nitrogens with one attached hydrogen (secondary N) is 2. The third kappa shape index (κ3) is 60.6. The van der Waals surface area contributed by atoms with Crippen LogP contribution in [0.25, 0.3) is 0 Å². The van der Waals surface area contributed by atoms with E-state index in [0.717, 1.165) is 250 Å². The first-order valence-corrected chi connectivity index (χ1v) is 52.6. The Morgan fingerprint density at radius 3 is 1.05 bits per heavy atom.